The average Bonchev–Trinajstić information content (AvgIpc) is 3.41. The summed E-state index contributed by atoms with van der Waals surface area (Å²) in [6.07, 6.45) is 2.19. The molecule has 2 amide bonds. The van der Waals surface area contributed by atoms with Crippen LogP contribution in [0.15, 0.2) is 41.8 Å². The number of hydrogen-bond acceptors (Lipinski definition) is 6. The van der Waals surface area contributed by atoms with Crippen molar-refractivity contribution in [1.82, 2.24) is 4.90 Å². The average molecular weight is 431 g/mol. The maximum atomic E-state index is 14.8. The highest BCUT2D eigenvalue weighted by molar-refractivity contribution is 7.10. The molecule has 7 nitrogen and oxygen atoms in total. The van der Waals surface area contributed by atoms with Crippen molar-refractivity contribution in [3.63, 3.8) is 0 Å². The van der Waals surface area contributed by atoms with Crippen LogP contribution in [0.25, 0.3) is 6.08 Å². The molecule has 9 heteroatoms. The molecule has 2 aliphatic rings. The first-order valence-electron chi connectivity index (χ1n) is 9.69. The highest BCUT2D eigenvalue weighted by atomic mass is 32.1. The van der Waals surface area contributed by atoms with E-state index in [1.54, 1.807) is 34.4 Å². The summed E-state index contributed by atoms with van der Waals surface area (Å²) in [4.78, 5) is 30.2. The Balaban J connectivity index is 1.36. The smallest absolute Gasteiger partial charge is 0.414 e. The van der Waals surface area contributed by atoms with Gasteiger partial charge in [-0.15, -0.1) is 11.3 Å². The van der Waals surface area contributed by atoms with Crippen molar-refractivity contribution >= 4 is 40.8 Å². The Morgan fingerprint density at radius 2 is 2.07 bits per heavy atom. The number of ether oxygens (including phenoxy) is 1. The molecule has 158 valence electrons. The fourth-order valence-corrected chi connectivity index (χ4v) is 4.18. The zero-order valence-corrected chi connectivity index (χ0v) is 17.1. The predicted octanol–water partition coefficient (Wildman–Crippen LogP) is 2.57. The number of amides is 2. The predicted molar refractivity (Wildman–Crippen MR) is 113 cm³/mol. The SMILES string of the molecule is O=C(/C=C/c1cccs1)N1CCN(c2ccc(N3CC(CO)OC3=O)cc2F)CC1. The van der Waals surface area contributed by atoms with Crippen LogP contribution < -0.4 is 9.80 Å². The van der Waals surface area contributed by atoms with Gasteiger partial charge in [0.1, 0.15) is 11.9 Å². The number of aliphatic hydroxyl groups excluding tert-OH is 1. The Labute approximate surface area is 177 Å². The van der Waals surface area contributed by atoms with E-state index >= 15 is 0 Å². The largest absolute Gasteiger partial charge is 0.441 e. The molecule has 3 heterocycles. The summed E-state index contributed by atoms with van der Waals surface area (Å²) in [6.45, 7) is 1.97. The molecule has 1 N–H and O–H groups in total. The topological polar surface area (TPSA) is 73.3 Å². The van der Waals surface area contributed by atoms with E-state index in [-0.39, 0.29) is 19.1 Å². The lowest BCUT2D eigenvalue weighted by atomic mass is 10.2. The first-order valence-corrected chi connectivity index (χ1v) is 10.6. The molecule has 2 fully saturated rings. The van der Waals surface area contributed by atoms with Gasteiger partial charge in [-0.05, 0) is 35.7 Å². The van der Waals surface area contributed by atoms with Crippen LogP contribution in [0.2, 0.25) is 0 Å². The van der Waals surface area contributed by atoms with Gasteiger partial charge < -0.3 is 19.6 Å². The van der Waals surface area contributed by atoms with Gasteiger partial charge in [0, 0.05) is 37.1 Å². The number of aliphatic hydroxyl groups is 1. The lowest BCUT2D eigenvalue weighted by Gasteiger charge is -2.36. The fourth-order valence-electron chi connectivity index (χ4n) is 3.56. The van der Waals surface area contributed by atoms with Gasteiger partial charge in [-0.3, -0.25) is 9.69 Å². The van der Waals surface area contributed by atoms with Gasteiger partial charge in [0.25, 0.3) is 0 Å². The number of benzene rings is 1. The van der Waals surface area contributed by atoms with Crippen molar-refractivity contribution in [1.29, 1.82) is 0 Å². The molecule has 2 saturated heterocycles. The Morgan fingerprint density at radius 1 is 1.27 bits per heavy atom. The van der Waals surface area contributed by atoms with Crippen LogP contribution in [0.3, 0.4) is 0 Å². The molecule has 1 atom stereocenters. The number of carbonyl (C=O) groups excluding carboxylic acids is 2. The first kappa shape index (κ1) is 20.4. The van der Waals surface area contributed by atoms with Crippen molar-refractivity contribution in [2.45, 2.75) is 6.10 Å². The second kappa shape index (κ2) is 8.85. The quantitative estimate of drug-likeness (QED) is 0.737. The van der Waals surface area contributed by atoms with Crippen molar-refractivity contribution in [3.8, 4) is 0 Å². The van der Waals surface area contributed by atoms with Gasteiger partial charge in [-0.1, -0.05) is 6.07 Å². The molecule has 30 heavy (non-hydrogen) atoms. The number of halogens is 1. The molecular formula is C21H22FN3O4S. The van der Waals surface area contributed by atoms with Gasteiger partial charge in [0.2, 0.25) is 5.91 Å². The van der Waals surface area contributed by atoms with E-state index in [9.17, 15) is 14.0 Å². The van der Waals surface area contributed by atoms with Crippen molar-refractivity contribution in [3.05, 3.63) is 52.5 Å². The van der Waals surface area contributed by atoms with E-state index in [0.717, 1.165) is 4.88 Å². The molecule has 0 aliphatic carbocycles. The maximum absolute atomic E-state index is 14.8. The number of rotatable bonds is 5. The molecule has 1 unspecified atom stereocenters. The zero-order chi connectivity index (χ0) is 21.1. The second-order valence-electron chi connectivity index (χ2n) is 7.10. The second-order valence-corrected chi connectivity index (χ2v) is 8.08. The van der Waals surface area contributed by atoms with Gasteiger partial charge >= 0.3 is 6.09 Å². The fraction of sp³-hybridized carbons (Fsp3) is 0.333. The third kappa shape index (κ3) is 4.31. The van der Waals surface area contributed by atoms with Gasteiger partial charge in [0.15, 0.2) is 0 Å². The summed E-state index contributed by atoms with van der Waals surface area (Å²) in [5.74, 6) is -0.491. The number of nitrogens with zero attached hydrogens (tertiary/aromatic N) is 3. The molecule has 0 radical (unpaired) electrons. The minimum Gasteiger partial charge on any atom is -0.441 e. The van der Waals surface area contributed by atoms with Crippen LogP contribution in [-0.4, -0.2) is 67.4 Å². The third-order valence-electron chi connectivity index (χ3n) is 5.19. The first-order chi connectivity index (χ1) is 14.5. The van der Waals surface area contributed by atoms with Gasteiger partial charge in [0.05, 0.1) is 24.5 Å². The molecule has 0 spiro atoms. The molecule has 0 saturated carbocycles. The van der Waals surface area contributed by atoms with E-state index in [0.29, 0.717) is 37.6 Å². The lowest BCUT2D eigenvalue weighted by molar-refractivity contribution is -0.126. The van der Waals surface area contributed by atoms with E-state index in [1.807, 2.05) is 28.5 Å². The number of cyclic esters (lactones) is 1. The number of hydrogen-bond donors (Lipinski definition) is 1. The standard InChI is InChI=1S/C21H22FN3O4S/c22-18-12-15(25-13-16(14-26)29-21(25)28)3-5-19(18)23-7-9-24(10-8-23)20(27)6-4-17-2-1-11-30-17/h1-6,11-12,16,26H,7-10,13-14H2/b6-4+. The Morgan fingerprint density at radius 3 is 2.70 bits per heavy atom. The summed E-state index contributed by atoms with van der Waals surface area (Å²) >= 11 is 1.57. The zero-order valence-electron chi connectivity index (χ0n) is 16.2. The maximum Gasteiger partial charge on any atom is 0.414 e. The number of thiophene rings is 1. The summed E-state index contributed by atoms with van der Waals surface area (Å²) in [5, 5.41) is 11.1. The number of anilines is 2. The van der Waals surface area contributed by atoms with Crippen LogP contribution in [0.5, 0.6) is 0 Å². The van der Waals surface area contributed by atoms with E-state index in [2.05, 4.69) is 0 Å². The Hall–Kier alpha value is -2.91. The summed E-state index contributed by atoms with van der Waals surface area (Å²) < 4.78 is 19.8. The van der Waals surface area contributed by atoms with E-state index < -0.39 is 18.0 Å². The molecular weight excluding hydrogens is 409 g/mol. The number of piperazine rings is 1. The van der Waals surface area contributed by atoms with E-state index in [1.165, 1.54) is 11.0 Å². The van der Waals surface area contributed by atoms with Crippen molar-refractivity contribution < 1.29 is 23.8 Å². The molecule has 4 rings (SSSR count). The van der Waals surface area contributed by atoms with Crippen LogP contribution in [0.1, 0.15) is 4.88 Å². The van der Waals surface area contributed by atoms with Crippen molar-refractivity contribution in [2.24, 2.45) is 0 Å². The molecule has 1 aromatic heterocycles. The lowest BCUT2D eigenvalue weighted by Crippen LogP contribution is -2.48. The minimum atomic E-state index is -0.597. The van der Waals surface area contributed by atoms with Gasteiger partial charge in [-0.2, -0.15) is 0 Å². The van der Waals surface area contributed by atoms with Crippen LogP contribution in [-0.2, 0) is 9.53 Å². The summed E-state index contributed by atoms with van der Waals surface area (Å²) in [7, 11) is 0. The summed E-state index contributed by atoms with van der Waals surface area (Å²) in [5.41, 5.74) is 0.830. The van der Waals surface area contributed by atoms with Crippen LogP contribution in [0, 0.1) is 5.82 Å². The minimum absolute atomic E-state index is 0.0511. The third-order valence-corrected chi connectivity index (χ3v) is 6.02. The highest BCUT2D eigenvalue weighted by Gasteiger charge is 2.32. The monoisotopic (exact) mass is 431 g/mol. The van der Waals surface area contributed by atoms with Crippen LogP contribution in [0.4, 0.5) is 20.6 Å². The van der Waals surface area contributed by atoms with Crippen molar-refractivity contribution in [2.75, 3.05) is 49.1 Å². The number of carbonyl (C=O) groups is 2. The summed E-state index contributed by atoms with van der Waals surface area (Å²) in [6, 6.07) is 8.49. The van der Waals surface area contributed by atoms with Crippen LogP contribution >= 0.6 is 11.3 Å². The molecule has 1 aromatic carbocycles. The molecule has 2 aliphatic heterocycles. The van der Waals surface area contributed by atoms with Gasteiger partial charge in [-0.25, -0.2) is 9.18 Å². The Bertz CT molecular complexity index is 942. The molecule has 0 bridgehead atoms. The van der Waals surface area contributed by atoms with E-state index in [4.69, 9.17) is 9.84 Å². The Kier molecular flexibility index (Phi) is 6.01. The highest BCUT2D eigenvalue weighted by Crippen LogP contribution is 2.28. The normalized spacial score (nSPS) is 19.6. The molecule has 2 aromatic rings.